The molecule has 2 aromatic rings. The Morgan fingerprint density at radius 2 is 1.95 bits per heavy atom. The number of hydrogen-bond donors (Lipinski definition) is 1. The molecule has 2 rings (SSSR count). The molecule has 100 valence electrons. The van der Waals surface area contributed by atoms with Crippen molar-refractivity contribution < 1.29 is 9.90 Å². The van der Waals surface area contributed by atoms with E-state index in [4.69, 9.17) is 11.6 Å². The van der Waals surface area contributed by atoms with E-state index in [1.807, 2.05) is 30.3 Å². The maximum absolute atomic E-state index is 10.7. The van der Waals surface area contributed by atoms with Crippen LogP contribution in [0.2, 0.25) is 0 Å². The Bertz CT molecular complexity index is 585. The molecule has 0 aliphatic carbocycles. The zero-order chi connectivity index (χ0) is 13.8. The highest BCUT2D eigenvalue weighted by atomic mass is 35.5. The number of amides is 1. The number of benzene rings is 2. The van der Waals surface area contributed by atoms with Crippen molar-refractivity contribution in [3.8, 4) is 5.75 Å². The summed E-state index contributed by atoms with van der Waals surface area (Å²) in [5.74, 6) is 0.728. The first-order chi connectivity index (χ1) is 9.17. The second kappa shape index (κ2) is 5.93. The fourth-order valence-electron chi connectivity index (χ4n) is 2.28. The molecular weight excluding hydrogens is 262 g/mol. The number of hydrogen-bond acceptors (Lipinski definition) is 2. The third kappa shape index (κ3) is 2.82. The number of phenols is 1. The molecule has 0 saturated heterocycles. The average molecular weight is 278 g/mol. The van der Waals surface area contributed by atoms with E-state index < -0.39 is 0 Å². The third-order valence-electron chi connectivity index (χ3n) is 3.25. The lowest BCUT2D eigenvalue weighted by molar-refractivity contribution is -0.117. The van der Waals surface area contributed by atoms with E-state index in [0.29, 0.717) is 12.4 Å². The normalized spacial score (nSPS) is 12.3. The number of halogens is 1. The Morgan fingerprint density at radius 1 is 1.26 bits per heavy atom. The van der Waals surface area contributed by atoms with Crippen molar-refractivity contribution in [1.82, 2.24) is 4.90 Å². The van der Waals surface area contributed by atoms with E-state index in [1.54, 1.807) is 18.0 Å². The van der Waals surface area contributed by atoms with Gasteiger partial charge in [-0.1, -0.05) is 30.3 Å². The van der Waals surface area contributed by atoms with E-state index in [1.165, 1.54) is 0 Å². The lowest BCUT2D eigenvalue weighted by Crippen LogP contribution is -2.24. The molecule has 19 heavy (non-hydrogen) atoms. The lowest BCUT2D eigenvalue weighted by atomic mass is 9.94. The molecule has 0 heterocycles. The molecule has 1 amide bonds. The maximum Gasteiger partial charge on any atom is 0.209 e. The highest BCUT2D eigenvalue weighted by Gasteiger charge is 2.16. The summed E-state index contributed by atoms with van der Waals surface area (Å²) in [6.45, 7) is 0.557. The minimum Gasteiger partial charge on any atom is -0.507 e. The SMILES string of the molecule is CN(C=O)CC(CCl)c1ccc(O)c2ccccc12. The number of aromatic hydroxyl groups is 1. The molecule has 1 atom stereocenters. The van der Waals surface area contributed by atoms with Crippen LogP contribution in [0.4, 0.5) is 0 Å². The van der Waals surface area contributed by atoms with Crippen LogP contribution in [-0.4, -0.2) is 35.9 Å². The predicted molar refractivity (Wildman–Crippen MR) is 77.8 cm³/mol. The van der Waals surface area contributed by atoms with Crippen molar-refractivity contribution in [2.45, 2.75) is 5.92 Å². The Hall–Kier alpha value is -1.74. The Balaban J connectivity index is 2.48. The van der Waals surface area contributed by atoms with Gasteiger partial charge in [0.2, 0.25) is 6.41 Å². The van der Waals surface area contributed by atoms with Gasteiger partial charge in [-0.25, -0.2) is 0 Å². The monoisotopic (exact) mass is 277 g/mol. The van der Waals surface area contributed by atoms with Crippen LogP contribution in [0.1, 0.15) is 11.5 Å². The first kappa shape index (κ1) is 13.7. The Morgan fingerprint density at radius 3 is 2.58 bits per heavy atom. The molecule has 1 N–H and O–H groups in total. The molecular formula is C15H16ClNO2. The zero-order valence-corrected chi connectivity index (χ0v) is 11.5. The third-order valence-corrected chi connectivity index (χ3v) is 3.62. The standard InChI is InChI=1S/C15H16ClNO2/c1-17(10-18)9-11(8-16)12-6-7-15(19)14-5-3-2-4-13(12)14/h2-7,10-11,19H,8-9H2,1H3. The fraction of sp³-hybridized carbons (Fsp3) is 0.267. The van der Waals surface area contributed by atoms with E-state index in [9.17, 15) is 9.90 Å². The van der Waals surface area contributed by atoms with E-state index in [-0.39, 0.29) is 11.7 Å². The minimum atomic E-state index is 0.0439. The van der Waals surface area contributed by atoms with Crippen LogP contribution in [0.25, 0.3) is 10.8 Å². The molecule has 3 nitrogen and oxygen atoms in total. The maximum atomic E-state index is 10.7. The molecule has 2 aromatic carbocycles. The molecule has 0 fully saturated rings. The molecule has 0 aromatic heterocycles. The van der Waals surface area contributed by atoms with Crippen molar-refractivity contribution in [3.05, 3.63) is 42.0 Å². The number of likely N-dealkylation sites (N-methyl/N-ethyl adjacent to an activating group) is 1. The van der Waals surface area contributed by atoms with Crippen LogP contribution in [0, 0.1) is 0 Å². The summed E-state index contributed by atoms with van der Waals surface area (Å²) in [7, 11) is 1.73. The number of fused-ring (bicyclic) bond motifs is 1. The van der Waals surface area contributed by atoms with Gasteiger partial charge in [-0.2, -0.15) is 0 Å². The average Bonchev–Trinajstić information content (AvgIpc) is 2.45. The van der Waals surface area contributed by atoms with Gasteiger partial charge in [0.15, 0.2) is 0 Å². The molecule has 1 unspecified atom stereocenters. The zero-order valence-electron chi connectivity index (χ0n) is 10.7. The number of carbonyl (C=O) groups is 1. The summed E-state index contributed by atoms with van der Waals surface area (Å²) in [6, 6.07) is 11.2. The van der Waals surface area contributed by atoms with Crippen LogP contribution in [-0.2, 0) is 4.79 Å². The quantitative estimate of drug-likeness (QED) is 0.674. The number of nitrogens with zero attached hydrogens (tertiary/aromatic N) is 1. The second-order valence-electron chi connectivity index (χ2n) is 4.62. The Labute approximate surface area is 117 Å². The highest BCUT2D eigenvalue weighted by molar-refractivity contribution is 6.18. The molecule has 0 spiro atoms. The molecule has 0 bridgehead atoms. The minimum absolute atomic E-state index is 0.0439. The topological polar surface area (TPSA) is 40.5 Å². The van der Waals surface area contributed by atoms with Crippen LogP contribution in [0.15, 0.2) is 36.4 Å². The molecule has 0 aliphatic rings. The van der Waals surface area contributed by atoms with Gasteiger partial charge in [-0.3, -0.25) is 4.79 Å². The predicted octanol–water partition coefficient (Wildman–Crippen LogP) is 2.96. The van der Waals surface area contributed by atoms with Gasteiger partial charge in [0.25, 0.3) is 0 Å². The summed E-state index contributed by atoms with van der Waals surface area (Å²) in [5, 5.41) is 11.7. The molecule has 0 saturated carbocycles. The number of rotatable bonds is 5. The van der Waals surface area contributed by atoms with Crippen molar-refractivity contribution >= 4 is 28.8 Å². The molecule has 0 aliphatic heterocycles. The fourth-order valence-corrected chi connectivity index (χ4v) is 2.55. The summed E-state index contributed by atoms with van der Waals surface area (Å²) in [6.07, 6.45) is 0.794. The largest absolute Gasteiger partial charge is 0.507 e. The summed E-state index contributed by atoms with van der Waals surface area (Å²) in [5.41, 5.74) is 1.05. The van der Waals surface area contributed by atoms with Crippen molar-refractivity contribution in [1.29, 1.82) is 0 Å². The van der Waals surface area contributed by atoms with Gasteiger partial charge in [-0.15, -0.1) is 11.6 Å². The first-order valence-corrected chi connectivity index (χ1v) is 6.63. The number of carbonyl (C=O) groups excluding carboxylic acids is 1. The van der Waals surface area contributed by atoms with Crippen molar-refractivity contribution in [2.75, 3.05) is 19.5 Å². The van der Waals surface area contributed by atoms with Crippen LogP contribution in [0.5, 0.6) is 5.75 Å². The lowest BCUT2D eigenvalue weighted by Gasteiger charge is -2.21. The first-order valence-electron chi connectivity index (χ1n) is 6.09. The van der Waals surface area contributed by atoms with Gasteiger partial charge < -0.3 is 10.0 Å². The second-order valence-corrected chi connectivity index (χ2v) is 4.92. The number of alkyl halides is 1. The Kier molecular flexibility index (Phi) is 4.27. The van der Waals surface area contributed by atoms with Gasteiger partial charge in [0.1, 0.15) is 5.75 Å². The van der Waals surface area contributed by atoms with Crippen molar-refractivity contribution in [3.63, 3.8) is 0 Å². The van der Waals surface area contributed by atoms with E-state index in [2.05, 4.69) is 0 Å². The van der Waals surface area contributed by atoms with Gasteiger partial charge in [0.05, 0.1) is 0 Å². The summed E-state index contributed by atoms with van der Waals surface area (Å²) < 4.78 is 0. The van der Waals surface area contributed by atoms with Gasteiger partial charge in [-0.05, 0) is 17.0 Å². The van der Waals surface area contributed by atoms with Crippen LogP contribution < -0.4 is 0 Å². The highest BCUT2D eigenvalue weighted by Crippen LogP contribution is 2.32. The smallest absolute Gasteiger partial charge is 0.209 e. The molecule has 4 heteroatoms. The summed E-state index contributed by atoms with van der Waals surface area (Å²) >= 11 is 6.04. The van der Waals surface area contributed by atoms with Crippen LogP contribution in [0.3, 0.4) is 0 Å². The van der Waals surface area contributed by atoms with E-state index >= 15 is 0 Å². The number of phenolic OH excluding ortho intramolecular Hbond substituents is 1. The molecule has 0 radical (unpaired) electrons. The van der Waals surface area contributed by atoms with Gasteiger partial charge in [0, 0.05) is 30.8 Å². The van der Waals surface area contributed by atoms with Crippen LogP contribution >= 0.6 is 11.6 Å². The summed E-state index contributed by atoms with van der Waals surface area (Å²) in [4.78, 5) is 12.3. The van der Waals surface area contributed by atoms with E-state index in [0.717, 1.165) is 22.7 Å². The van der Waals surface area contributed by atoms with Gasteiger partial charge >= 0.3 is 0 Å². The van der Waals surface area contributed by atoms with Crippen molar-refractivity contribution in [2.24, 2.45) is 0 Å².